The Morgan fingerprint density at radius 3 is 2.90 bits per heavy atom. The van der Waals surface area contributed by atoms with E-state index in [2.05, 4.69) is 59.4 Å². The number of nitrogens with one attached hydrogen (secondary N) is 1. The van der Waals surface area contributed by atoms with Crippen LogP contribution in [0.3, 0.4) is 0 Å². The fraction of sp³-hybridized carbons (Fsp3) is 0.500. The number of aromatic nitrogens is 2. The topological polar surface area (TPSA) is 29.9 Å². The van der Waals surface area contributed by atoms with Crippen molar-refractivity contribution in [2.45, 2.75) is 58.7 Å². The molecule has 0 atom stereocenters. The Hall–Kier alpha value is -1.61. The van der Waals surface area contributed by atoms with Gasteiger partial charge in [-0.05, 0) is 31.7 Å². The molecule has 1 aliphatic rings. The molecule has 0 amide bonds. The number of rotatable bonds is 7. The van der Waals surface area contributed by atoms with Gasteiger partial charge in [-0.2, -0.15) is 5.10 Å². The molecule has 21 heavy (non-hydrogen) atoms. The first-order valence-corrected chi connectivity index (χ1v) is 8.08. The number of benzene rings is 1. The van der Waals surface area contributed by atoms with E-state index >= 15 is 0 Å². The van der Waals surface area contributed by atoms with Crippen molar-refractivity contribution in [2.75, 3.05) is 0 Å². The molecule has 3 rings (SSSR count). The Labute approximate surface area is 127 Å². The van der Waals surface area contributed by atoms with E-state index in [-0.39, 0.29) is 0 Å². The summed E-state index contributed by atoms with van der Waals surface area (Å²) in [5, 5.41) is 8.24. The molecular formula is C18H25N3. The zero-order chi connectivity index (χ0) is 14.7. The molecule has 0 radical (unpaired) electrons. The fourth-order valence-electron chi connectivity index (χ4n) is 2.78. The molecule has 1 aromatic heterocycles. The molecule has 2 aromatic rings. The first-order valence-electron chi connectivity index (χ1n) is 8.08. The number of nitrogens with zero attached hydrogens (tertiary/aromatic N) is 2. The van der Waals surface area contributed by atoms with Crippen molar-refractivity contribution in [2.24, 2.45) is 0 Å². The van der Waals surface area contributed by atoms with E-state index in [4.69, 9.17) is 0 Å². The lowest BCUT2D eigenvalue weighted by Gasteiger charge is -2.10. The van der Waals surface area contributed by atoms with Crippen LogP contribution in [0.1, 0.15) is 48.6 Å². The molecule has 0 saturated heterocycles. The van der Waals surface area contributed by atoms with Crippen LogP contribution in [0.15, 0.2) is 30.5 Å². The van der Waals surface area contributed by atoms with Crippen molar-refractivity contribution in [3.8, 4) is 0 Å². The van der Waals surface area contributed by atoms with Crippen LogP contribution in [0.25, 0.3) is 0 Å². The Kier molecular flexibility index (Phi) is 4.39. The van der Waals surface area contributed by atoms with Crippen LogP contribution in [-0.4, -0.2) is 15.8 Å². The summed E-state index contributed by atoms with van der Waals surface area (Å²) in [5.41, 5.74) is 5.41. The summed E-state index contributed by atoms with van der Waals surface area (Å²) in [4.78, 5) is 0. The predicted molar refractivity (Wildman–Crippen MR) is 86.4 cm³/mol. The molecule has 1 aliphatic carbocycles. The van der Waals surface area contributed by atoms with Gasteiger partial charge in [0, 0.05) is 23.8 Å². The van der Waals surface area contributed by atoms with Crippen LogP contribution < -0.4 is 5.32 Å². The molecule has 1 heterocycles. The highest BCUT2D eigenvalue weighted by atomic mass is 15.3. The Morgan fingerprint density at radius 2 is 2.19 bits per heavy atom. The summed E-state index contributed by atoms with van der Waals surface area (Å²) >= 11 is 0. The Bertz CT molecular complexity index is 596. The maximum atomic E-state index is 4.63. The zero-order valence-corrected chi connectivity index (χ0v) is 13.1. The molecule has 0 spiro atoms. The normalized spacial score (nSPS) is 14.6. The first kappa shape index (κ1) is 14.3. The van der Waals surface area contributed by atoms with Gasteiger partial charge in [0.25, 0.3) is 0 Å². The zero-order valence-electron chi connectivity index (χ0n) is 13.1. The van der Waals surface area contributed by atoms with Gasteiger partial charge in [-0.15, -0.1) is 0 Å². The van der Waals surface area contributed by atoms with E-state index < -0.39 is 0 Å². The Balaban J connectivity index is 1.76. The van der Waals surface area contributed by atoms with Crippen molar-refractivity contribution in [1.82, 2.24) is 15.1 Å². The number of hydrogen-bond donors (Lipinski definition) is 1. The van der Waals surface area contributed by atoms with Gasteiger partial charge >= 0.3 is 0 Å². The van der Waals surface area contributed by atoms with Gasteiger partial charge in [0.2, 0.25) is 0 Å². The second kappa shape index (κ2) is 6.44. The SMILES string of the molecule is CCCc1c(CNC2CC2)cnn1Cc1cccc(C)c1. The smallest absolute Gasteiger partial charge is 0.0662 e. The van der Waals surface area contributed by atoms with E-state index in [1.165, 1.54) is 35.2 Å². The van der Waals surface area contributed by atoms with Gasteiger partial charge in [-0.25, -0.2) is 0 Å². The van der Waals surface area contributed by atoms with Crippen LogP contribution in [0.5, 0.6) is 0 Å². The minimum absolute atomic E-state index is 0.750. The molecule has 3 heteroatoms. The second-order valence-corrected chi connectivity index (χ2v) is 6.17. The van der Waals surface area contributed by atoms with Crippen molar-refractivity contribution < 1.29 is 0 Å². The number of aryl methyl sites for hydroxylation is 1. The molecule has 3 nitrogen and oxygen atoms in total. The fourth-order valence-corrected chi connectivity index (χ4v) is 2.78. The summed E-state index contributed by atoms with van der Waals surface area (Å²) in [6.07, 6.45) is 6.99. The lowest BCUT2D eigenvalue weighted by atomic mass is 10.1. The standard InChI is InChI=1S/C18H25N3/c1-3-5-18-16(11-19-17-8-9-17)12-20-21(18)13-15-7-4-6-14(2)10-15/h4,6-7,10,12,17,19H,3,5,8-9,11,13H2,1-2H3. The largest absolute Gasteiger partial charge is 0.310 e. The Morgan fingerprint density at radius 1 is 1.33 bits per heavy atom. The summed E-state index contributed by atoms with van der Waals surface area (Å²) in [6.45, 7) is 6.22. The van der Waals surface area contributed by atoms with Crippen LogP contribution in [0.4, 0.5) is 0 Å². The monoisotopic (exact) mass is 283 g/mol. The first-order chi connectivity index (χ1) is 10.3. The summed E-state index contributed by atoms with van der Waals surface area (Å²) in [5.74, 6) is 0. The summed E-state index contributed by atoms with van der Waals surface area (Å²) in [7, 11) is 0. The van der Waals surface area contributed by atoms with Crippen molar-refractivity contribution in [1.29, 1.82) is 0 Å². The second-order valence-electron chi connectivity index (χ2n) is 6.17. The molecule has 0 bridgehead atoms. The van der Waals surface area contributed by atoms with Crippen LogP contribution in [0.2, 0.25) is 0 Å². The third kappa shape index (κ3) is 3.73. The minimum atomic E-state index is 0.750. The third-order valence-corrected chi connectivity index (χ3v) is 4.10. The predicted octanol–water partition coefficient (Wildman–Crippen LogP) is 3.44. The van der Waals surface area contributed by atoms with Crippen molar-refractivity contribution in [3.05, 3.63) is 52.8 Å². The molecule has 1 aromatic carbocycles. The van der Waals surface area contributed by atoms with Gasteiger partial charge in [-0.3, -0.25) is 4.68 Å². The number of hydrogen-bond acceptors (Lipinski definition) is 2. The quantitative estimate of drug-likeness (QED) is 0.843. The van der Waals surface area contributed by atoms with E-state index in [0.717, 1.165) is 32.0 Å². The third-order valence-electron chi connectivity index (χ3n) is 4.10. The van der Waals surface area contributed by atoms with Gasteiger partial charge in [-0.1, -0.05) is 43.2 Å². The van der Waals surface area contributed by atoms with Crippen molar-refractivity contribution >= 4 is 0 Å². The van der Waals surface area contributed by atoms with Gasteiger partial charge < -0.3 is 5.32 Å². The van der Waals surface area contributed by atoms with E-state index in [0.29, 0.717) is 0 Å². The molecule has 0 aliphatic heterocycles. The van der Waals surface area contributed by atoms with Gasteiger partial charge in [0.05, 0.1) is 12.7 Å². The van der Waals surface area contributed by atoms with E-state index in [1.807, 2.05) is 0 Å². The minimum Gasteiger partial charge on any atom is -0.310 e. The lowest BCUT2D eigenvalue weighted by Crippen LogP contribution is -2.16. The summed E-state index contributed by atoms with van der Waals surface area (Å²) in [6, 6.07) is 9.46. The van der Waals surface area contributed by atoms with Crippen molar-refractivity contribution in [3.63, 3.8) is 0 Å². The molecule has 112 valence electrons. The maximum absolute atomic E-state index is 4.63. The average Bonchev–Trinajstić information content (AvgIpc) is 3.22. The van der Waals surface area contributed by atoms with Gasteiger partial charge in [0.1, 0.15) is 0 Å². The van der Waals surface area contributed by atoms with Crippen LogP contribution >= 0.6 is 0 Å². The van der Waals surface area contributed by atoms with Crippen LogP contribution in [0, 0.1) is 6.92 Å². The summed E-state index contributed by atoms with van der Waals surface area (Å²) < 4.78 is 2.18. The van der Waals surface area contributed by atoms with Gasteiger partial charge in [0.15, 0.2) is 0 Å². The molecular weight excluding hydrogens is 258 g/mol. The van der Waals surface area contributed by atoms with E-state index in [1.54, 1.807) is 0 Å². The molecule has 1 N–H and O–H groups in total. The molecule has 1 saturated carbocycles. The highest BCUT2D eigenvalue weighted by molar-refractivity contribution is 5.24. The highest BCUT2D eigenvalue weighted by Crippen LogP contribution is 2.20. The average molecular weight is 283 g/mol. The lowest BCUT2D eigenvalue weighted by molar-refractivity contribution is 0.626. The van der Waals surface area contributed by atoms with Crippen LogP contribution in [-0.2, 0) is 19.5 Å². The maximum Gasteiger partial charge on any atom is 0.0662 e. The van der Waals surface area contributed by atoms with E-state index in [9.17, 15) is 0 Å². The molecule has 0 unspecified atom stereocenters. The molecule has 1 fully saturated rings. The highest BCUT2D eigenvalue weighted by Gasteiger charge is 2.21.